The molecule has 3 N–H and O–H groups in total. The maximum atomic E-state index is 11.2. The lowest BCUT2D eigenvalue weighted by atomic mass is 10.2. The SMILES string of the molecule is CC[C@@H](CO)NC(=O)CCNC(C)=O. The van der Waals surface area contributed by atoms with Crippen molar-refractivity contribution in [2.45, 2.75) is 32.7 Å². The van der Waals surface area contributed by atoms with Gasteiger partial charge < -0.3 is 15.7 Å². The van der Waals surface area contributed by atoms with E-state index in [1.807, 2.05) is 6.92 Å². The fourth-order valence-electron chi connectivity index (χ4n) is 0.929. The van der Waals surface area contributed by atoms with E-state index in [2.05, 4.69) is 10.6 Å². The van der Waals surface area contributed by atoms with Crippen LogP contribution in [-0.2, 0) is 9.59 Å². The Morgan fingerprint density at radius 2 is 2.07 bits per heavy atom. The summed E-state index contributed by atoms with van der Waals surface area (Å²) in [6.45, 7) is 3.57. The van der Waals surface area contributed by atoms with Crippen LogP contribution in [0.4, 0.5) is 0 Å². The average Bonchev–Trinajstić information content (AvgIpc) is 2.13. The Kier molecular flexibility index (Phi) is 6.74. The van der Waals surface area contributed by atoms with Gasteiger partial charge in [-0.25, -0.2) is 0 Å². The molecule has 1 atom stereocenters. The number of rotatable bonds is 6. The van der Waals surface area contributed by atoms with Crippen molar-refractivity contribution in [1.82, 2.24) is 10.6 Å². The predicted molar refractivity (Wildman–Crippen MR) is 52.6 cm³/mol. The van der Waals surface area contributed by atoms with Gasteiger partial charge in [-0.2, -0.15) is 0 Å². The molecule has 0 heterocycles. The highest BCUT2D eigenvalue weighted by Gasteiger charge is 2.08. The van der Waals surface area contributed by atoms with Gasteiger partial charge in [-0.1, -0.05) is 6.92 Å². The Bertz CT molecular complexity index is 190. The molecule has 0 radical (unpaired) electrons. The molecule has 0 spiro atoms. The van der Waals surface area contributed by atoms with E-state index in [1.54, 1.807) is 0 Å². The molecule has 0 rings (SSSR count). The summed E-state index contributed by atoms with van der Waals surface area (Å²) in [5.74, 6) is -0.299. The van der Waals surface area contributed by atoms with Crippen LogP contribution in [0.1, 0.15) is 26.7 Å². The van der Waals surface area contributed by atoms with Crippen molar-refractivity contribution in [1.29, 1.82) is 0 Å². The molecule has 0 aliphatic carbocycles. The highest BCUT2D eigenvalue weighted by Crippen LogP contribution is 1.89. The van der Waals surface area contributed by atoms with E-state index in [4.69, 9.17) is 5.11 Å². The second-order valence-electron chi connectivity index (χ2n) is 3.09. The Labute approximate surface area is 83.9 Å². The third-order valence-electron chi connectivity index (χ3n) is 1.80. The van der Waals surface area contributed by atoms with E-state index in [1.165, 1.54) is 6.92 Å². The molecule has 2 amide bonds. The van der Waals surface area contributed by atoms with Crippen molar-refractivity contribution in [2.24, 2.45) is 0 Å². The molecule has 5 heteroatoms. The van der Waals surface area contributed by atoms with Gasteiger partial charge in [0.2, 0.25) is 11.8 Å². The van der Waals surface area contributed by atoms with Crippen molar-refractivity contribution >= 4 is 11.8 Å². The minimum atomic E-state index is -0.181. The van der Waals surface area contributed by atoms with E-state index in [9.17, 15) is 9.59 Å². The summed E-state index contributed by atoms with van der Waals surface area (Å²) in [6.07, 6.45) is 0.943. The lowest BCUT2D eigenvalue weighted by Gasteiger charge is -2.13. The molecule has 0 saturated heterocycles. The third-order valence-corrected chi connectivity index (χ3v) is 1.80. The molecule has 0 fully saturated rings. The van der Waals surface area contributed by atoms with Gasteiger partial charge in [0.25, 0.3) is 0 Å². The quantitative estimate of drug-likeness (QED) is 0.538. The van der Waals surface area contributed by atoms with Crippen molar-refractivity contribution in [3.05, 3.63) is 0 Å². The van der Waals surface area contributed by atoms with Crippen LogP contribution >= 0.6 is 0 Å². The van der Waals surface area contributed by atoms with Crippen molar-refractivity contribution in [3.8, 4) is 0 Å². The minimum Gasteiger partial charge on any atom is -0.394 e. The minimum absolute atomic E-state index is 0.0532. The summed E-state index contributed by atoms with van der Waals surface area (Å²) < 4.78 is 0. The first-order valence-electron chi connectivity index (χ1n) is 4.74. The van der Waals surface area contributed by atoms with Gasteiger partial charge in [-0.3, -0.25) is 9.59 Å². The van der Waals surface area contributed by atoms with Gasteiger partial charge in [0, 0.05) is 19.9 Å². The average molecular weight is 202 g/mol. The topological polar surface area (TPSA) is 78.4 Å². The van der Waals surface area contributed by atoms with E-state index < -0.39 is 0 Å². The maximum absolute atomic E-state index is 11.2. The van der Waals surface area contributed by atoms with Crippen molar-refractivity contribution < 1.29 is 14.7 Å². The molecule has 0 unspecified atom stereocenters. The van der Waals surface area contributed by atoms with Crippen LogP contribution in [0, 0.1) is 0 Å². The van der Waals surface area contributed by atoms with Gasteiger partial charge in [0.05, 0.1) is 12.6 Å². The first kappa shape index (κ1) is 12.9. The van der Waals surface area contributed by atoms with E-state index in [0.717, 1.165) is 0 Å². The summed E-state index contributed by atoms with van der Waals surface area (Å²) in [4.78, 5) is 21.7. The molecule has 82 valence electrons. The fourth-order valence-corrected chi connectivity index (χ4v) is 0.929. The monoisotopic (exact) mass is 202 g/mol. The highest BCUT2D eigenvalue weighted by molar-refractivity contribution is 5.78. The van der Waals surface area contributed by atoms with Crippen LogP contribution in [0.25, 0.3) is 0 Å². The molecular formula is C9H18N2O3. The first-order chi connectivity index (χ1) is 6.60. The summed E-state index contributed by atoms with van der Waals surface area (Å²) >= 11 is 0. The van der Waals surface area contributed by atoms with Crippen LogP contribution in [0.5, 0.6) is 0 Å². The summed E-state index contributed by atoms with van der Waals surface area (Å²) in [5.41, 5.74) is 0. The number of hydrogen-bond donors (Lipinski definition) is 3. The highest BCUT2D eigenvalue weighted by atomic mass is 16.3. The zero-order valence-corrected chi connectivity index (χ0v) is 8.67. The Morgan fingerprint density at radius 1 is 1.43 bits per heavy atom. The summed E-state index contributed by atoms with van der Waals surface area (Å²) in [7, 11) is 0. The molecule has 0 aliphatic heterocycles. The van der Waals surface area contributed by atoms with Crippen molar-refractivity contribution in [2.75, 3.05) is 13.2 Å². The van der Waals surface area contributed by atoms with E-state index in [-0.39, 0.29) is 30.9 Å². The van der Waals surface area contributed by atoms with Gasteiger partial charge in [-0.15, -0.1) is 0 Å². The number of aliphatic hydroxyl groups excluding tert-OH is 1. The molecule has 5 nitrogen and oxygen atoms in total. The molecule has 0 aromatic heterocycles. The van der Waals surface area contributed by atoms with Gasteiger partial charge in [0.15, 0.2) is 0 Å². The molecular weight excluding hydrogens is 184 g/mol. The molecule has 0 saturated carbocycles. The second kappa shape index (κ2) is 7.32. The number of amides is 2. The number of carbonyl (C=O) groups is 2. The van der Waals surface area contributed by atoms with Crippen molar-refractivity contribution in [3.63, 3.8) is 0 Å². The fraction of sp³-hybridized carbons (Fsp3) is 0.778. The molecule has 0 aromatic carbocycles. The Morgan fingerprint density at radius 3 is 2.50 bits per heavy atom. The maximum Gasteiger partial charge on any atom is 0.222 e. The normalized spacial score (nSPS) is 11.9. The number of carbonyl (C=O) groups excluding carboxylic acids is 2. The third kappa shape index (κ3) is 6.42. The van der Waals surface area contributed by atoms with Crippen LogP contribution in [0.2, 0.25) is 0 Å². The Hall–Kier alpha value is -1.10. The standard InChI is InChI=1S/C9H18N2O3/c1-3-8(6-12)11-9(14)4-5-10-7(2)13/h8,12H,3-6H2,1-2H3,(H,10,13)(H,11,14)/t8-/m0/s1. The lowest BCUT2D eigenvalue weighted by Crippen LogP contribution is -2.38. The number of hydrogen-bond acceptors (Lipinski definition) is 3. The predicted octanol–water partition coefficient (Wildman–Crippen LogP) is -0.600. The smallest absolute Gasteiger partial charge is 0.222 e. The zero-order chi connectivity index (χ0) is 11.0. The molecule has 0 bridgehead atoms. The van der Waals surface area contributed by atoms with E-state index in [0.29, 0.717) is 13.0 Å². The largest absolute Gasteiger partial charge is 0.394 e. The lowest BCUT2D eigenvalue weighted by molar-refractivity contribution is -0.122. The Balaban J connectivity index is 3.59. The molecule has 0 aromatic rings. The first-order valence-corrected chi connectivity index (χ1v) is 4.74. The van der Waals surface area contributed by atoms with Crippen LogP contribution < -0.4 is 10.6 Å². The van der Waals surface area contributed by atoms with Gasteiger partial charge in [-0.05, 0) is 6.42 Å². The van der Waals surface area contributed by atoms with Gasteiger partial charge in [0.1, 0.15) is 0 Å². The van der Waals surface area contributed by atoms with Crippen LogP contribution in [-0.4, -0.2) is 36.1 Å². The van der Waals surface area contributed by atoms with Gasteiger partial charge >= 0.3 is 0 Å². The van der Waals surface area contributed by atoms with Crippen LogP contribution in [0.15, 0.2) is 0 Å². The second-order valence-corrected chi connectivity index (χ2v) is 3.09. The number of nitrogens with one attached hydrogen (secondary N) is 2. The molecule has 14 heavy (non-hydrogen) atoms. The van der Waals surface area contributed by atoms with Crippen LogP contribution in [0.3, 0.4) is 0 Å². The number of aliphatic hydroxyl groups is 1. The zero-order valence-electron chi connectivity index (χ0n) is 8.67. The summed E-state index contributed by atoms with van der Waals surface area (Å²) in [5, 5.41) is 14.0. The summed E-state index contributed by atoms with van der Waals surface area (Å²) in [6, 6.07) is -0.181. The van der Waals surface area contributed by atoms with E-state index >= 15 is 0 Å². The molecule has 0 aliphatic rings.